The summed E-state index contributed by atoms with van der Waals surface area (Å²) in [6, 6.07) is 5.66. The van der Waals surface area contributed by atoms with Gasteiger partial charge < -0.3 is 24.6 Å². The molecule has 0 aromatic heterocycles. The molecule has 0 aliphatic carbocycles. The molecular weight excluding hydrogens is 278 g/mol. The van der Waals surface area contributed by atoms with Crippen molar-refractivity contribution >= 4 is 11.9 Å². The van der Waals surface area contributed by atoms with Gasteiger partial charge in [0, 0.05) is 6.54 Å². The third kappa shape index (κ3) is 4.96. The van der Waals surface area contributed by atoms with Gasteiger partial charge in [0.2, 0.25) is 5.91 Å². The second kappa shape index (κ2) is 7.49. The Bertz CT molecular complexity index is 516. The summed E-state index contributed by atoms with van der Waals surface area (Å²) in [5.41, 5.74) is 1.02. The molecular formula is C14H17NO6. The Morgan fingerprint density at radius 1 is 1.19 bits per heavy atom. The largest absolute Gasteiger partial charge is 0.486 e. The molecule has 21 heavy (non-hydrogen) atoms. The zero-order valence-corrected chi connectivity index (χ0v) is 11.5. The van der Waals surface area contributed by atoms with Gasteiger partial charge in [0.1, 0.15) is 26.4 Å². The number of carboxylic acids is 1. The Morgan fingerprint density at radius 3 is 2.71 bits per heavy atom. The van der Waals surface area contributed by atoms with Crippen LogP contribution in [0.5, 0.6) is 11.5 Å². The summed E-state index contributed by atoms with van der Waals surface area (Å²) >= 11 is 0. The molecule has 0 unspecified atom stereocenters. The van der Waals surface area contributed by atoms with E-state index in [0.717, 1.165) is 17.1 Å². The van der Waals surface area contributed by atoms with Crippen LogP contribution >= 0.6 is 0 Å². The summed E-state index contributed by atoms with van der Waals surface area (Å²) in [6.45, 7) is 0.796. The number of carbonyl (C=O) groups is 2. The molecule has 7 nitrogen and oxygen atoms in total. The van der Waals surface area contributed by atoms with Crippen LogP contribution in [0, 0.1) is 0 Å². The molecule has 0 radical (unpaired) electrons. The van der Waals surface area contributed by atoms with Gasteiger partial charge in [-0.1, -0.05) is 6.07 Å². The fourth-order valence-electron chi connectivity index (χ4n) is 1.87. The van der Waals surface area contributed by atoms with Crippen molar-refractivity contribution in [1.29, 1.82) is 0 Å². The Labute approximate surface area is 121 Å². The number of hydrogen-bond donors (Lipinski definition) is 2. The second-order valence-electron chi connectivity index (χ2n) is 4.46. The average molecular weight is 295 g/mol. The van der Waals surface area contributed by atoms with Gasteiger partial charge in [0.05, 0.1) is 0 Å². The van der Waals surface area contributed by atoms with Crippen LogP contribution in [-0.4, -0.2) is 50.0 Å². The minimum atomic E-state index is -1.10. The highest BCUT2D eigenvalue weighted by Gasteiger charge is 2.11. The second-order valence-corrected chi connectivity index (χ2v) is 4.46. The van der Waals surface area contributed by atoms with Crippen molar-refractivity contribution in [1.82, 2.24) is 5.32 Å². The van der Waals surface area contributed by atoms with E-state index in [1.807, 2.05) is 18.2 Å². The van der Waals surface area contributed by atoms with Gasteiger partial charge in [-0.25, -0.2) is 4.79 Å². The minimum Gasteiger partial charge on any atom is -0.486 e. The predicted octanol–water partition coefficient (Wildman–Crippen LogP) is 0.218. The summed E-state index contributed by atoms with van der Waals surface area (Å²) in [6.07, 6.45) is 0.640. The lowest BCUT2D eigenvalue weighted by molar-refractivity contribution is -0.143. The highest BCUT2D eigenvalue weighted by Crippen LogP contribution is 2.30. The Morgan fingerprint density at radius 2 is 1.95 bits per heavy atom. The van der Waals surface area contributed by atoms with Gasteiger partial charge >= 0.3 is 5.97 Å². The zero-order valence-electron chi connectivity index (χ0n) is 11.5. The van der Waals surface area contributed by atoms with Gasteiger partial charge in [0.25, 0.3) is 0 Å². The van der Waals surface area contributed by atoms with E-state index in [9.17, 15) is 9.59 Å². The number of amides is 1. The third-order valence-corrected chi connectivity index (χ3v) is 2.80. The molecule has 0 saturated heterocycles. The first kappa shape index (κ1) is 15.1. The molecule has 1 aromatic rings. The van der Waals surface area contributed by atoms with Gasteiger partial charge in [0.15, 0.2) is 11.5 Å². The summed E-state index contributed by atoms with van der Waals surface area (Å²) in [7, 11) is 0. The smallest absolute Gasteiger partial charge is 0.329 e. The maximum Gasteiger partial charge on any atom is 0.329 e. The van der Waals surface area contributed by atoms with E-state index < -0.39 is 12.6 Å². The molecule has 0 bridgehead atoms. The summed E-state index contributed by atoms with van der Waals surface area (Å²) < 4.78 is 15.6. The lowest BCUT2D eigenvalue weighted by Crippen LogP contribution is -2.30. The maximum absolute atomic E-state index is 11.4. The SMILES string of the molecule is O=C(O)COCC(=O)NCCc1ccc2c(c1)OCCO2. The molecule has 1 heterocycles. The molecule has 2 rings (SSSR count). The van der Waals surface area contributed by atoms with Crippen LogP contribution in [0.3, 0.4) is 0 Å². The topological polar surface area (TPSA) is 94.1 Å². The number of hydrogen-bond acceptors (Lipinski definition) is 5. The van der Waals surface area contributed by atoms with Gasteiger partial charge in [-0.3, -0.25) is 4.79 Å². The molecule has 1 aliphatic rings. The van der Waals surface area contributed by atoms with E-state index >= 15 is 0 Å². The van der Waals surface area contributed by atoms with Crippen molar-refractivity contribution in [3.8, 4) is 11.5 Å². The normalized spacial score (nSPS) is 12.8. The number of benzene rings is 1. The van der Waals surface area contributed by atoms with Crippen LogP contribution in [0.15, 0.2) is 18.2 Å². The number of carboxylic acid groups (broad SMARTS) is 1. The van der Waals surface area contributed by atoms with E-state index in [1.165, 1.54) is 0 Å². The number of aliphatic carboxylic acids is 1. The van der Waals surface area contributed by atoms with E-state index in [-0.39, 0.29) is 12.5 Å². The average Bonchev–Trinajstić information content (AvgIpc) is 2.47. The third-order valence-electron chi connectivity index (χ3n) is 2.80. The molecule has 7 heteroatoms. The van der Waals surface area contributed by atoms with Crippen LogP contribution in [0.25, 0.3) is 0 Å². The van der Waals surface area contributed by atoms with Crippen LogP contribution in [0.2, 0.25) is 0 Å². The fourth-order valence-corrected chi connectivity index (χ4v) is 1.87. The molecule has 1 aliphatic heterocycles. The van der Waals surface area contributed by atoms with Crippen LogP contribution < -0.4 is 14.8 Å². The van der Waals surface area contributed by atoms with Gasteiger partial charge in [-0.15, -0.1) is 0 Å². The molecule has 1 aromatic carbocycles. The zero-order chi connectivity index (χ0) is 15.1. The van der Waals surface area contributed by atoms with Crippen molar-refractivity contribution in [3.63, 3.8) is 0 Å². The number of fused-ring (bicyclic) bond motifs is 1. The molecule has 114 valence electrons. The summed E-state index contributed by atoms with van der Waals surface area (Å²) in [5.74, 6) is 0.0128. The van der Waals surface area contributed by atoms with E-state index in [4.69, 9.17) is 14.6 Å². The number of carbonyl (C=O) groups excluding carboxylic acids is 1. The monoisotopic (exact) mass is 295 g/mol. The standard InChI is InChI=1S/C14H17NO6/c16-13(8-19-9-14(17)18)15-4-3-10-1-2-11-12(7-10)21-6-5-20-11/h1-2,7H,3-6,8-9H2,(H,15,16)(H,17,18). The van der Waals surface area contributed by atoms with Gasteiger partial charge in [-0.2, -0.15) is 0 Å². The van der Waals surface area contributed by atoms with Crippen molar-refractivity contribution < 1.29 is 28.9 Å². The van der Waals surface area contributed by atoms with Crippen molar-refractivity contribution in [3.05, 3.63) is 23.8 Å². The molecule has 2 N–H and O–H groups in total. The first-order valence-electron chi connectivity index (χ1n) is 6.60. The summed E-state index contributed by atoms with van der Waals surface area (Å²) in [5, 5.41) is 11.0. The molecule has 0 fully saturated rings. The van der Waals surface area contributed by atoms with Crippen molar-refractivity contribution in [2.45, 2.75) is 6.42 Å². The number of rotatable bonds is 7. The summed E-state index contributed by atoms with van der Waals surface area (Å²) in [4.78, 5) is 21.6. The first-order valence-corrected chi connectivity index (χ1v) is 6.60. The van der Waals surface area contributed by atoms with Crippen LogP contribution in [-0.2, 0) is 20.7 Å². The Balaban J connectivity index is 1.71. The van der Waals surface area contributed by atoms with E-state index in [1.54, 1.807) is 0 Å². The lowest BCUT2D eigenvalue weighted by atomic mass is 10.1. The van der Waals surface area contributed by atoms with E-state index in [2.05, 4.69) is 10.1 Å². The maximum atomic E-state index is 11.4. The van der Waals surface area contributed by atoms with Crippen LogP contribution in [0.1, 0.15) is 5.56 Å². The van der Waals surface area contributed by atoms with Crippen molar-refractivity contribution in [2.24, 2.45) is 0 Å². The quantitative estimate of drug-likeness (QED) is 0.747. The fraction of sp³-hybridized carbons (Fsp3) is 0.429. The highest BCUT2D eigenvalue weighted by molar-refractivity contribution is 5.77. The lowest BCUT2D eigenvalue weighted by Gasteiger charge is -2.18. The van der Waals surface area contributed by atoms with Crippen LogP contribution in [0.4, 0.5) is 0 Å². The molecule has 0 spiro atoms. The highest BCUT2D eigenvalue weighted by atomic mass is 16.6. The molecule has 1 amide bonds. The predicted molar refractivity (Wildman–Crippen MR) is 72.6 cm³/mol. The Kier molecular flexibility index (Phi) is 5.39. The molecule has 0 saturated carbocycles. The molecule has 0 atom stereocenters. The Hall–Kier alpha value is -2.28. The first-order chi connectivity index (χ1) is 10.1. The van der Waals surface area contributed by atoms with E-state index in [0.29, 0.717) is 26.2 Å². The number of ether oxygens (including phenoxy) is 3. The number of nitrogens with one attached hydrogen (secondary N) is 1. The minimum absolute atomic E-state index is 0.257. The van der Waals surface area contributed by atoms with Gasteiger partial charge in [-0.05, 0) is 24.1 Å². The van der Waals surface area contributed by atoms with Crippen molar-refractivity contribution in [2.75, 3.05) is 33.0 Å².